The molecular weight excluding hydrogens is 303 g/mol. The summed E-state index contributed by atoms with van der Waals surface area (Å²) in [6.07, 6.45) is 0. The largest absolute Gasteiger partial charge is 0.143 e. The molecule has 1 aromatic carbocycles. The van der Waals surface area contributed by atoms with Crippen molar-refractivity contribution in [2.24, 2.45) is 0 Å². The number of rotatable bonds is 0. The van der Waals surface area contributed by atoms with Crippen molar-refractivity contribution in [2.75, 3.05) is 0 Å². The quantitative estimate of drug-likeness (QED) is 0.630. The van der Waals surface area contributed by atoms with E-state index in [1.165, 1.54) is 19.2 Å². The van der Waals surface area contributed by atoms with Crippen LogP contribution in [0.25, 0.3) is 10.1 Å². The van der Waals surface area contributed by atoms with E-state index in [-0.39, 0.29) is 0 Å². The van der Waals surface area contributed by atoms with E-state index in [0.717, 1.165) is 5.02 Å². The summed E-state index contributed by atoms with van der Waals surface area (Å²) in [5.41, 5.74) is 1.23. The predicted octanol–water partition coefficient (Wildman–Crippen LogP) is 4.47. The van der Waals surface area contributed by atoms with Gasteiger partial charge in [-0.15, -0.1) is 11.3 Å². The number of hydrogen-bond donors (Lipinski definition) is 0. The van der Waals surface area contributed by atoms with Gasteiger partial charge in [-0.25, -0.2) is 0 Å². The molecule has 2 aromatic rings. The van der Waals surface area contributed by atoms with Crippen LogP contribution < -0.4 is 0 Å². The first-order valence-electron chi connectivity index (χ1n) is 3.51. The third kappa shape index (κ3) is 1.36. The van der Waals surface area contributed by atoms with Crippen molar-refractivity contribution >= 4 is 55.6 Å². The second-order valence-corrected chi connectivity index (χ2v) is 5.18. The van der Waals surface area contributed by atoms with Crippen LogP contribution in [0.3, 0.4) is 0 Å². The molecule has 0 saturated carbocycles. The van der Waals surface area contributed by atoms with E-state index >= 15 is 0 Å². The van der Waals surface area contributed by atoms with Gasteiger partial charge in [0, 0.05) is 19.0 Å². The zero-order chi connectivity index (χ0) is 8.72. The zero-order valence-electron chi connectivity index (χ0n) is 6.40. The van der Waals surface area contributed by atoms with Gasteiger partial charge in [0.2, 0.25) is 0 Å². The fourth-order valence-electron chi connectivity index (χ4n) is 1.21. The molecule has 0 atom stereocenters. The monoisotopic (exact) mass is 308 g/mol. The van der Waals surface area contributed by atoms with E-state index < -0.39 is 0 Å². The Kier molecular flexibility index (Phi) is 2.31. The highest BCUT2D eigenvalue weighted by molar-refractivity contribution is 14.1. The standard InChI is InChI=1S/C9H6ClIS/c1-5-2-6(10)9-7(11)4-12-8(9)3-5/h2-4H,1H3. The van der Waals surface area contributed by atoms with Crippen LogP contribution in [0.5, 0.6) is 0 Å². The second-order valence-electron chi connectivity index (χ2n) is 2.70. The molecule has 0 aliphatic rings. The molecule has 12 heavy (non-hydrogen) atoms. The molecule has 0 fully saturated rings. The van der Waals surface area contributed by atoms with Gasteiger partial charge in [-0.05, 0) is 47.2 Å². The number of thiophene rings is 1. The Bertz CT molecular complexity index is 433. The average molecular weight is 309 g/mol. The van der Waals surface area contributed by atoms with Crippen LogP contribution in [0.4, 0.5) is 0 Å². The summed E-state index contributed by atoms with van der Waals surface area (Å²) >= 11 is 10.2. The molecule has 0 aliphatic carbocycles. The molecule has 1 aromatic heterocycles. The van der Waals surface area contributed by atoms with Gasteiger partial charge >= 0.3 is 0 Å². The van der Waals surface area contributed by atoms with E-state index in [2.05, 4.69) is 41.0 Å². The van der Waals surface area contributed by atoms with Gasteiger partial charge in [0.05, 0.1) is 5.02 Å². The number of benzene rings is 1. The minimum atomic E-state index is 0.871. The van der Waals surface area contributed by atoms with Crippen LogP contribution in [0.15, 0.2) is 17.5 Å². The summed E-state index contributed by atoms with van der Waals surface area (Å²) in [7, 11) is 0. The summed E-state index contributed by atoms with van der Waals surface area (Å²) in [6, 6.07) is 4.19. The van der Waals surface area contributed by atoms with Gasteiger partial charge in [-0.1, -0.05) is 11.6 Å². The highest BCUT2D eigenvalue weighted by atomic mass is 127. The third-order valence-corrected chi connectivity index (χ3v) is 4.23. The Morgan fingerprint density at radius 3 is 2.92 bits per heavy atom. The summed E-state index contributed by atoms with van der Waals surface area (Å²) < 4.78 is 2.53. The lowest BCUT2D eigenvalue weighted by molar-refractivity contribution is 1.52. The van der Waals surface area contributed by atoms with E-state index in [1.807, 2.05) is 6.07 Å². The van der Waals surface area contributed by atoms with E-state index in [1.54, 1.807) is 11.3 Å². The molecule has 2 rings (SSSR count). The van der Waals surface area contributed by atoms with Crippen LogP contribution in [-0.4, -0.2) is 0 Å². The molecule has 0 radical (unpaired) electrons. The number of hydrogen-bond acceptors (Lipinski definition) is 1. The summed E-state index contributed by atoms with van der Waals surface area (Å²) in [5.74, 6) is 0. The first-order valence-corrected chi connectivity index (χ1v) is 5.85. The fourth-order valence-corrected chi connectivity index (χ4v) is 3.89. The number of aryl methyl sites for hydroxylation is 1. The third-order valence-electron chi connectivity index (χ3n) is 1.73. The maximum Gasteiger partial charge on any atom is 0.0506 e. The van der Waals surface area contributed by atoms with Gasteiger partial charge in [0.25, 0.3) is 0 Å². The van der Waals surface area contributed by atoms with Crippen molar-refractivity contribution in [1.29, 1.82) is 0 Å². The lowest BCUT2D eigenvalue weighted by Crippen LogP contribution is -1.74. The summed E-state index contributed by atoms with van der Waals surface area (Å²) in [5, 5.41) is 4.21. The topological polar surface area (TPSA) is 0 Å². The van der Waals surface area contributed by atoms with Crippen LogP contribution in [0, 0.1) is 10.5 Å². The molecule has 0 aliphatic heterocycles. The van der Waals surface area contributed by atoms with Crippen LogP contribution in [-0.2, 0) is 0 Å². The minimum absolute atomic E-state index is 0.871. The average Bonchev–Trinajstić information content (AvgIpc) is 2.31. The SMILES string of the molecule is Cc1cc(Cl)c2c(I)csc2c1. The maximum absolute atomic E-state index is 6.11. The molecule has 0 bridgehead atoms. The Morgan fingerprint density at radius 1 is 1.42 bits per heavy atom. The Balaban J connectivity index is 2.93. The van der Waals surface area contributed by atoms with Crippen molar-refractivity contribution in [3.05, 3.63) is 31.7 Å². The van der Waals surface area contributed by atoms with Gasteiger partial charge < -0.3 is 0 Å². The molecule has 0 nitrogen and oxygen atoms in total. The lowest BCUT2D eigenvalue weighted by atomic mass is 10.2. The first-order chi connectivity index (χ1) is 5.68. The normalized spacial score (nSPS) is 10.9. The van der Waals surface area contributed by atoms with Crippen molar-refractivity contribution < 1.29 is 0 Å². The Morgan fingerprint density at radius 2 is 2.17 bits per heavy atom. The molecule has 3 heteroatoms. The lowest BCUT2D eigenvalue weighted by Gasteiger charge is -1.97. The van der Waals surface area contributed by atoms with Crippen molar-refractivity contribution in [1.82, 2.24) is 0 Å². The molecule has 0 saturated heterocycles. The molecule has 0 unspecified atom stereocenters. The van der Waals surface area contributed by atoms with Gasteiger partial charge in [0.15, 0.2) is 0 Å². The minimum Gasteiger partial charge on any atom is -0.143 e. The Hall–Kier alpha value is 0.200. The Labute approximate surface area is 93.7 Å². The van der Waals surface area contributed by atoms with Gasteiger partial charge in [-0.2, -0.15) is 0 Å². The predicted molar refractivity (Wildman–Crippen MR) is 64.3 cm³/mol. The van der Waals surface area contributed by atoms with E-state index in [9.17, 15) is 0 Å². The highest BCUT2D eigenvalue weighted by Gasteiger charge is 2.05. The van der Waals surface area contributed by atoms with Crippen molar-refractivity contribution in [2.45, 2.75) is 6.92 Å². The maximum atomic E-state index is 6.11. The fraction of sp³-hybridized carbons (Fsp3) is 0.111. The summed E-state index contributed by atoms with van der Waals surface area (Å²) in [6.45, 7) is 2.07. The number of fused-ring (bicyclic) bond motifs is 1. The molecule has 0 N–H and O–H groups in total. The van der Waals surface area contributed by atoms with Crippen LogP contribution in [0.2, 0.25) is 5.02 Å². The number of halogens is 2. The van der Waals surface area contributed by atoms with Crippen molar-refractivity contribution in [3.63, 3.8) is 0 Å². The first kappa shape index (κ1) is 8.78. The smallest absolute Gasteiger partial charge is 0.0506 e. The second kappa shape index (κ2) is 3.16. The van der Waals surface area contributed by atoms with Gasteiger partial charge in [-0.3, -0.25) is 0 Å². The van der Waals surface area contributed by atoms with E-state index in [4.69, 9.17) is 11.6 Å². The van der Waals surface area contributed by atoms with Crippen LogP contribution >= 0.6 is 45.5 Å². The zero-order valence-corrected chi connectivity index (χ0v) is 10.1. The molecule has 0 amide bonds. The summed E-state index contributed by atoms with van der Waals surface area (Å²) in [4.78, 5) is 0. The molecule has 1 heterocycles. The van der Waals surface area contributed by atoms with Gasteiger partial charge in [0.1, 0.15) is 0 Å². The van der Waals surface area contributed by atoms with Crippen molar-refractivity contribution in [3.8, 4) is 0 Å². The molecule has 0 spiro atoms. The van der Waals surface area contributed by atoms with E-state index in [0.29, 0.717) is 0 Å². The molecule has 62 valence electrons. The highest BCUT2D eigenvalue weighted by Crippen LogP contribution is 2.33. The molecular formula is C9H6ClIS. The van der Waals surface area contributed by atoms with Crippen LogP contribution in [0.1, 0.15) is 5.56 Å².